The first-order valence-electron chi connectivity index (χ1n) is 5.37. The number of fused-ring (bicyclic) bond motifs is 1. The molecule has 0 aliphatic heterocycles. The normalized spacial score (nSPS) is 32.5. The Labute approximate surface area is 81.7 Å². The summed E-state index contributed by atoms with van der Waals surface area (Å²) < 4.78 is 0. The van der Waals surface area contributed by atoms with Gasteiger partial charge in [0, 0.05) is 0 Å². The minimum atomic E-state index is 0.415. The number of hydrogen-bond acceptors (Lipinski definition) is 0. The van der Waals surface area contributed by atoms with Crippen molar-refractivity contribution in [3.63, 3.8) is 0 Å². The van der Waals surface area contributed by atoms with Crippen LogP contribution in [-0.2, 0) is 0 Å². The van der Waals surface area contributed by atoms with Crippen molar-refractivity contribution in [1.82, 2.24) is 0 Å². The molecule has 0 radical (unpaired) electrons. The van der Waals surface area contributed by atoms with E-state index in [2.05, 4.69) is 33.4 Å². The van der Waals surface area contributed by atoms with E-state index in [1.807, 2.05) is 0 Å². The van der Waals surface area contributed by atoms with Crippen molar-refractivity contribution in [1.29, 1.82) is 0 Å². The SMILES string of the molecule is C=C1C(CC(C)(C)C)=C[C@H]2CC[C@@H]12. The lowest BCUT2D eigenvalue weighted by Gasteiger charge is -2.30. The van der Waals surface area contributed by atoms with Crippen LogP contribution >= 0.6 is 0 Å². The van der Waals surface area contributed by atoms with Gasteiger partial charge in [-0.15, -0.1) is 0 Å². The summed E-state index contributed by atoms with van der Waals surface area (Å²) in [5.74, 6) is 1.70. The second kappa shape index (κ2) is 2.73. The molecule has 0 aromatic rings. The van der Waals surface area contributed by atoms with Crippen molar-refractivity contribution < 1.29 is 0 Å². The molecule has 0 saturated heterocycles. The van der Waals surface area contributed by atoms with Gasteiger partial charge in [0.1, 0.15) is 0 Å². The van der Waals surface area contributed by atoms with E-state index in [0.717, 1.165) is 11.8 Å². The van der Waals surface area contributed by atoms with Crippen LogP contribution in [0.25, 0.3) is 0 Å². The van der Waals surface area contributed by atoms with Crippen molar-refractivity contribution in [2.24, 2.45) is 17.3 Å². The maximum atomic E-state index is 4.23. The van der Waals surface area contributed by atoms with Gasteiger partial charge in [-0.3, -0.25) is 0 Å². The molecule has 72 valence electrons. The molecule has 0 unspecified atom stereocenters. The molecule has 2 atom stereocenters. The van der Waals surface area contributed by atoms with Crippen molar-refractivity contribution in [3.05, 3.63) is 23.8 Å². The second-order valence-electron chi connectivity index (χ2n) is 5.80. The quantitative estimate of drug-likeness (QED) is 0.567. The van der Waals surface area contributed by atoms with Gasteiger partial charge in [0.25, 0.3) is 0 Å². The maximum absolute atomic E-state index is 4.23. The smallest absolute Gasteiger partial charge is 0.0102 e. The molecule has 0 amide bonds. The zero-order chi connectivity index (χ0) is 9.64. The summed E-state index contributed by atoms with van der Waals surface area (Å²) in [4.78, 5) is 0. The molecular formula is C13H20. The standard InChI is InChI=1S/C13H20/c1-9-11(8-13(2,3)4)7-10-5-6-12(9)10/h7,10,12H,1,5-6,8H2,2-4H3/t10-,12+/m1/s1. The van der Waals surface area contributed by atoms with Crippen LogP contribution in [0.1, 0.15) is 40.0 Å². The largest absolute Gasteiger partial charge is 0.0953 e. The van der Waals surface area contributed by atoms with E-state index in [-0.39, 0.29) is 0 Å². The van der Waals surface area contributed by atoms with E-state index < -0.39 is 0 Å². The molecule has 2 aliphatic rings. The van der Waals surface area contributed by atoms with E-state index in [1.165, 1.54) is 24.8 Å². The molecule has 0 heterocycles. The molecule has 0 nitrogen and oxygen atoms in total. The molecule has 0 spiro atoms. The van der Waals surface area contributed by atoms with Crippen LogP contribution in [0.15, 0.2) is 23.8 Å². The summed E-state index contributed by atoms with van der Waals surface area (Å²) in [7, 11) is 0. The van der Waals surface area contributed by atoms with Crippen LogP contribution < -0.4 is 0 Å². The van der Waals surface area contributed by atoms with Crippen LogP contribution in [0.4, 0.5) is 0 Å². The minimum absolute atomic E-state index is 0.415. The Kier molecular flexibility index (Phi) is 1.90. The third-order valence-electron chi connectivity index (χ3n) is 3.32. The first kappa shape index (κ1) is 9.05. The molecule has 0 heteroatoms. The van der Waals surface area contributed by atoms with Gasteiger partial charge in [0.2, 0.25) is 0 Å². The summed E-state index contributed by atoms with van der Waals surface area (Å²) in [6, 6.07) is 0. The topological polar surface area (TPSA) is 0 Å². The number of rotatable bonds is 1. The van der Waals surface area contributed by atoms with Crippen molar-refractivity contribution in [3.8, 4) is 0 Å². The third-order valence-corrected chi connectivity index (χ3v) is 3.32. The molecule has 0 N–H and O–H groups in total. The van der Waals surface area contributed by atoms with E-state index in [1.54, 1.807) is 5.57 Å². The second-order valence-corrected chi connectivity index (χ2v) is 5.80. The van der Waals surface area contributed by atoms with E-state index in [0.29, 0.717) is 5.41 Å². The lowest BCUT2D eigenvalue weighted by Crippen LogP contribution is -2.20. The summed E-state index contributed by atoms with van der Waals surface area (Å²) in [6.07, 6.45) is 6.48. The highest BCUT2D eigenvalue weighted by atomic mass is 14.4. The highest BCUT2D eigenvalue weighted by molar-refractivity contribution is 5.40. The van der Waals surface area contributed by atoms with Gasteiger partial charge in [-0.05, 0) is 47.7 Å². The van der Waals surface area contributed by atoms with Gasteiger partial charge in [-0.1, -0.05) is 33.4 Å². The Balaban J connectivity index is 2.08. The average molecular weight is 176 g/mol. The summed E-state index contributed by atoms with van der Waals surface area (Å²) in [6.45, 7) is 11.2. The first-order chi connectivity index (χ1) is 5.97. The summed E-state index contributed by atoms with van der Waals surface area (Å²) >= 11 is 0. The van der Waals surface area contributed by atoms with E-state index >= 15 is 0 Å². The monoisotopic (exact) mass is 176 g/mol. The number of allylic oxidation sites excluding steroid dienone is 3. The van der Waals surface area contributed by atoms with Gasteiger partial charge in [-0.25, -0.2) is 0 Å². The summed E-state index contributed by atoms with van der Waals surface area (Å²) in [5, 5.41) is 0. The van der Waals surface area contributed by atoms with Crippen molar-refractivity contribution >= 4 is 0 Å². The molecule has 2 aliphatic carbocycles. The fourth-order valence-corrected chi connectivity index (χ4v) is 2.51. The van der Waals surface area contributed by atoms with Crippen molar-refractivity contribution in [2.45, 2.75) is 40.0 Å². The molecule has 1 saturated carbocycles. The Bertz CT molecular complexity index is 262. The fourth-order valence-electron chi connectivity index (χ4n) is 2.51. The first-order valence-corrected chi connectivity index (χ1v) is 5.37. The Morgan fingerprint density at radius 3 is 2.38 bits per heavy atom. The Morgan fingerprint density at radius 1 is 1.38 bits per heavy atom. The molecule has 0 aromatic heterocycles. The lowest BCUT2D eigenvalue weighted by molar-refractivity contribution is 0.289. The van der Waals surface area contributed by atoms with Crippen LogP contribution in [0.3, 0.4) is 0 Å². The third kappa shape index (κ3) is 1.59. The predicted molar refractivity (Wildman–Crippen MR) is 57.5 cm³/mol. The fraction of sp³-hybridized carbons (Fsp3) is 0.692. The summed E-state index contributed by atoms with van der Waals surface area (Å²) in [5.41, 5.74) is 3.42. The van der Waals surface area contributed by atoms with Gasteiger partial charge in [0.15, 0.2) is 0 Å². The van der Waals surface area contributed by atoms with Crippen LogP contribution in [0.5, 0.6) is 0 Å². The van der Waals surface area contributed by atoms with Gasteiger partial charge < -0.3 is 0 Å². The average Bonchev–Trinajstić information content (AvgIpc) is 2.08. The number of hydrogen-bond donors (Lipinski definition) is 0. The molecule has 2 rings (SSSR count). The Morgan fingerprint density at radius 2 is 2.08 bits per heavy atom. The molecule has 0 aromatic carbocycles. The van der Waals surface area contributed by atoms with Gasteiger partial charge in [-0.2, -0.15) is 0 Å². The van der Waals surface area contributed by atoms with Crippen LogP contribution in [0, 0.1) is 17.3 Å². The lowest BCUT2D eigenvalue weighted by atomic mass is 9.74. The van der Waals surface area contributed by atoms with Crippen molar-refractivity contribution in [2.75, 3.05) is 0 Å². The zero-order valence-electron chi connectivity index (χ0n) is 9.06. The molecular weight excluding hydrogens is 156 g/mol. The highest BCUT2D eigenvalue weighted by Gasteiger charge is 2.38. The van der Waals surface area contributed by atoms with Gasteiger partial charge in [0.05, 0.1) is 0 Å². The van der Waals surface area contributed by atoms with Gasteiger partial charge >= 0.3 is 0 Å². The highest BCUT2D eigenvalue weighted by Crippen LogP contribution is 2.50. The predicted octanol–water partition coefficient (Wildman–Crippen LogP) is 3.95. The van der Waals surface area contributed by atoms with E-state index in [4.69, 9.17) is 0 Å². The molecule has 0 bridgehead atoms. The Hall–Kier alpha value is -0.520. The zero-order valence-corrected chi connectivity index (χ0v) is 9.06. The maximum Gasteiger partial charge on any atom is -0.0102 e. The van der Waals surface area contributed by atoms with Crippen LogP contribution in [0.2, 0.25) is 0 Å². The van der Waals surface area contributed by atoms with E-state index in [9.17, 15) is 0 Å². The minimum Gasteiger partial charge on any atom is -0.0953 e. The molecule has 13 heavy (non-hydrogen) atoms. The van der Waals surface area contributed by atoms with Crippen LogP contribution in [-0.4, -0.2) is 0 Å². The molecule has 1 fully saturated rings.